The van der Waals surface area contributed by atoms with Gasteiger partial charge < -0.3 is 24.4 Å². The van der Waals surface area contributed by atoms with Gasteiger partial charge in [-0.3, -0.25) is 4.90 Å². The number of anilines is 2. The molecule has 2 aromatic rings. The molecule has 1 unspecified atom stereocenters. The number of aliphatic hydroxyl groups is 1. The van der Waals surface area contributed by atoms with Crippen LogP contribution >= 0.6 is 0 Å². The summed E-state index contributed by atoms with van der Waals surface area (Å²) < 4.78 is 25.4. The Kier molecular flexibility index (Phi) is 5.80. The Morgan fingerprint density at radius 1 is 1.06 bits per heavy atom. The molecule has 3 aliphatic rings. The third kappa shape index (κ3) is 4.32. The molecule has 0 aliphatic carbocycles. The van der Waals surface area contributed by atoms with E-state index in [0.717, 1.165) is 5.56 Å². The first-order valence-corrected chi connectivity index (χ1v) is 11.1. The van der Waals surface area contributed by atoms with E-state index in [1.165, 1.54) is 11.0 Å². The highest BCUT2D eigenvalue weighted by Gasteiger charge is 2.43. The maximum Gasteiger partial charge on any atom is 0.414 e. The van der Waals surface area contributed by atoms with Crippen LogP contribution in [0.1, 0.15) is 5.56 Å². The number of benzene rings is 2. The molecule has 3 heterocycles. The molecule has 33 heavy (non-hydrogen) atoms. The van der Waals surface area contributed by atoms with E-state index in [1.807, 2.05) is 35.2 Å². The van der Waals surface area contributed by atoms with Crippen LogP contribution in [0.3, 0.4) is 0 Å². The smallest absolute Gasteiger partial charge is 0.414 e. The Labute approximate surface area is 191 Å². The molecule has 0 bridgehead atoms. The number of fused-ring (bicyclic) bond motifs is 1. The summed E-state index contributed by atoms with van der Waals surface area (Å²) in [6.07, 6.45) is -1.49. The number of carbonyl (C=O) groups excluding carboxylic acids is 2. The van der Waals surface area contributed by atoms with Crippen LogP contribution in [0.2, 0.25) is 0 Å². The van der Waals surface area contributed by atoms with Gasteiger partial charge in [0.1, 0.15) is 18.5 Å². The van der Waals surface area contributed by atoms with Crippen LogP contribution in [-0.4, -0.2) is 67.6 Å². The molecule has 0 radical (unpaired) electrons. The van der Waals surface area contributed by atoms with Crippen molar-refractivity contribution in [3.05, 3.63) is 59.9 Å². The number of ether oxygens (including phenoxy) is 2. The van der Waals surface area contributed by atoms with E-state index in [-0.39, 0.29) is 37.7 Å². The first kappa shape index (κ1) is 21.5. The predicted molar refractivity (Wildman–Crippen MR) is 118 cm³/mol. The summed E-state index contributed by atoms with van der Waals surface area (Å²) in [5, 5.41) is 9.19. The Morgan fingerprint density at radius 3 is 2.42 bits per heavy atom. The molecule has 0 spiro atoms. The topological polar surface area (TPSA) is 82.6 Å². The number of amides is 2. The fourth-order valence-corrected chi connectivity index (χ4v) is 4.90. The molecule has 0 saturated carbocycles. The van der Waals surface area contributed by atoms with E-state index >= 15 is 0 Å². The largest absolute Gasteiger partial charge is 0.445 e. The molecule has 174 valence electrons. The Hall–Kier alpha value is -3.33. The minimum Gasteiger partial charge on any atom is -0.445 e. The zero-order valence-electron chi connectivity index (χ0n) is 18.1. The first-order chi connectivity index (χ1) is 16.0. The molecular weight excluding hydrogens is 429 g/mol. The van der Waals surface area contributed by atoms with Crippen LogP contribution in [0.25, 0.3) is 0 Å². The molecule has 1 N–H and O–H groups in total. The van der Waals surface area contributed by atoms with Gasteiger partial charge in [-0.15, -0.1) is 0 Å². The van der Waals surface area contributed by atoms with Crippen molar-refractivity contribution in [2.75, 3.05) is 49.1 Å². The average molecular weight is 455 g/mol. The number of hydrogen-bond acceptors (Lipinski definition) is 6. The SMILES string of the molecule is O=C(OCc1ccccc1)N1C[C@@H]2CN(c3ccc(N4CC(CO)OC4=O)cc3F)C[C@@H]2C1. The Balaban J connectivity index is 1.17. The molecule has 0 aromatic heterocycles. The van der Waals surface area contributed by atoms with Gasteiger partial charge in [-0.2, -0.15) is 0 Å². The summed E-state index contributed by atoms with van der Waals surface area (Å²) in [6.45, 7) is 2.67. The molecule has 2 aromatic carbocycles. The molecule has 5 rings (SSSR count). The number of cyclic esters (lactones) is 1. The van der Waals surface area contributed by atoms with Crippen LogP contribution < -0.4 is 9.80 Å². The first-order valence-electron chi connectivity index (χ1n) is 11.1. The van der Waals surface area contributed by atoms with Crippen LogP contribution in [0.4, 0.5) is 25.4 Å². The fourth-order valence-electron chi connectivity index (χ4n) is 4.90. The third-order valence-corrected chi connectivity index (χ3v) is 6.61. The zero-order valence-corrected chi connectivity index (χ0v) is 18.1. The van der Waals surface area contributed by atoms with Gasteiger partial charge in [0.15, 0.2) is 0 Å². The van der Waals surface area contributed by atoms with Crippen molar-refractivity contribution >= 4 is 23.6 Å². The minimum absolute atomic E-state index is 0.193. The van der Waals surface area contributed by atoms with Gasteiger partial charge in [-0.1, -0.05) is 30.3 Å². The summed E-state index contributed by atoms with van der Waals surface area (Å²) in [7, 11) is 0. The van der Waals surface area contributed by atoms with Crippen molar-refractivity contribution in [3.8, 4) is 0 Å². The number of likely N-dealkylation sites (tertiary alicyclic amines) is 1. The fraction of sp³-hybridized carbons (Fsp3) is 0.417. The van der Waals surface area contributed by atoms with Crippen LogP contribution in [-0.2, 0) is 16.1 Å². The minimum atomic E-state index is -0.597. The number of rotatable bonds is 5. The molecule has 3 saturated heterocycles. The maximum absolute atomic E-state index is 14.9. The second-order valence-corrected chi connectivity index (χ2v) is 8.80. The highest BCUT2D eigenvalue weighted by molar-refractivity contribution is 5.90. The molecule has 3 fully saturated rings. The van der Waals surface area contributed by atoms with Crippen LogP contribution in [0.15, 0.2) is 48.5 Å². The molecular formula is C24H26FN3O5. The van der Waals surface area contributed by atoms with Crippen molar-refractivity contribution in [1.82, 2.24) is 4.90 Å². The number of hydrogen-bond donors (Lipinski definition) is 1. The van der Waals surface area contributed by atoms with E-state index in [9.17, 15) is 19.1 Å². The number of nitrogens with zero attached hydrogens (tertiary/aromatic N) is 3. The van der Waals surface area contributed by atoms with Crippen molar-refractivity contribution < 1.29 is 28.6 Å². The second kappa shape index (κ2) is 8.90. The van der Waals surface area contributed by atoms with Gasteiger partial charge in [-0.05, 0) is 23.8 Å². The normalized spacial score (nSPS) is 24.2. The van der Waals surface area contributed by atoms with Gasteiger partial charge in [0.05, 0.1) is 24.5 Å². The van der Waals surface area contributed by atoms with Crippen molar-refractivity contribution in [3.63, 3.8) is 0 Å². The van der Waals surface area contributed by atoms with E-state index in [4.69, 9.17) is 9.47 Å². The highest BCUT2D eigenvalue weighted by atomic mass is 19.1. The molecule has 3 atom stereocenters. The van der Waals surface area contributed by atoms with Gasteiger partial charge in [0.2, 0.25) is 0 Å². The van der Waals surface area contributed by atoms with Gasteiger partial charge >= 0.3 is 12.2 Å². The summed E-state index contributed by atoms with van der Waals surface area (Å²) in [6, 6.07) is 14.3. The van der Waals surface area contributed by atoms with Crippen molar-refractivity contribution in [2.24, 2.45) is 11.8 Å². The molecule has 3 aliphatic heterocycles. The van der Waals surface area contributed by atoms with Gasteiger partial charge in [-0.25, -0.2) is 14.0 Å². The van der Waals surface area contributed by atoms with Crippen molar-refractivity contribution in [1.29, 1.82) is 0 Å². The van der Waals surface area contributed by atoms with Crippen LogP contribution in [0, 0.1) is 17.7 Å². The lowest BCUT2D eigenvalue weighted by molar-refractivity contribution is 0.0963. The quantitative estimate of drug-likeness (QED) is 0.747. The lowest BCUT2D eigenvalue weighted by atomic mass is 10.0. The maximum atomic E-state index is 14.9. The second-order valence-electron chi connectivity index (χ2n) is 8.80. The van der Waals surface area contributed by atoms with Gasteiger partial charge in [0.25, 0.3) is 0 Å². The Bertz CT molecular complexity index is 1020. The van der Waals surface area contributed by atoms with E-state index in [1.54, 1.807) is 17.0 Å². The lowest BCUT2D eigenvalue weighted by Crippen LogP contribution is -2.33. The molecule has 9 heteroatoms. The summed E-state index contributed by atoms with van der Waals surface area (Å²) >= 11 is 0. The summed E-state index contributed by atoms with van der Waals surface area (Å²) in [5.74, 6) is 0.103. The van der Waals surface area contributed by atoms with Crippen LogP contribution in [0.5, 0.6) is 0 Å². The number of halogens is 1. The van der Waals surface area contributed by atoms with Gasteiger partial charge in [0, 0.05) is 38.0 Å². The molecule has 2 amide bonds. The number of carbonyl (C=O) groups is 2. The predicted octanol–water partition coefficient (Wildman–Crippen LogP) is 2.85. The average Bonchev–Trinajstić information content (AvgIpc) is 3.51. The summed E-state index contributed by atoms with van der Waals surface area (Å²) in [5.41, 5.74) is 1.84. The van der Waals surface area contributed by atoms with E-state index in [2.05, 4.69) is 0 Å². The van der Waals surface area contributed by atoms with E-state index < -0.39 is 18.0 Å². The lowest BCUT2D eigenvalue weighted by Gasteiger charge is -2.24. The summed E-state index contributed by atoms with van der Waals surface area (Å²) in [4.78, 5) is 29.5. The third-order valence-electron chi connectivity index (χ3n) is 6.61. The molecule has 8 nitrogen and oxygen atoms in total. The van der Waals surface area contributed by atoms with Crippen molar-refractivity contribution in [2.45, 2.75) is 12.7 Å². The standard InChI is InChI=1S/C24H26FN3O5/c25-21-8-19(28-13-20(14-29)33-24(28)31)6-7-22(21)26-9-17-11-27(12-18(17)10-26)23(30)32-15-16-4-2-1-3-5-16/h1-8,17-18,20,29H,9-15H2/t17-,18+,20?. The Morgan fingerprint density at radius 2 is 1.79 bits per heavy atom. The zero-order chi connectivity index (χ0) is 22.9. The monoisotopic (exact) mass is 455 g/mol. The highest BCUT2D eigenvalue weighted by Crippen LogP contribution is 2.36. The van der Waals surface area contributed by atoms with E-state index in [0.29, 0.717) is 37.6 Å². The number of aliphatic hydroxyl groups excluding tert-OH is 1.